The van der Waals surface area contributed by atoms with Crippen LogP contribution in [0.15, 0.2) is 68.5 Å². The lowest BCUT2D eigenvalue weighted by molar-refractivity contribution is -0.124. The first-order valence-corrected chi connectivity index (χ1v) is 9.50. The molecule has 0 fully saturated rings. The number of fused-ring (bicyclic) bond motifs is 3. The van der Waals surface area contributed by atoms with Crippen LogP contribution in [-0.2, 0) is 16.1 Å². The molecule has 2 aromatic heterocycles. The Labute approximate surface area is 172 Å². The summed E-state index contributed by atoms with van der Waals surface area (Å²) in [4.78, 5) is 41.1. The van der Waals surface area contributed by atoms with Crippen LogP contribution in [0.1, 0.15) is 0 Å². The summed E-state index contributed by atoms with van der Waals surface area (Å²) in [5.74, 6) is -0.880. The number of halogens is 1. The molecule has 2 heterocycles. The molecule has 8 nitrogen and oxygen atoms in total. The van der Waals surface area contributed by atoms with Crippen LogP contribution in [0.3, 0.4) is 0 Å². The van der Waals surface area contributed by atoms with Gasteiger partial charge in [-0.1, -0.05) is 24.3 Å². The Hall–Kier alpha value is -3.46. The third kappa shape index (κ3) is 3.90. The average molecular weight is 455 g/mol. The number of carbonyl (C=O) groups is 2. The highest BCUT2D eigenvalue weighted by atomic mass is 79.9. The number of para-hydroxylation sites is 2. The van der Waals surface area contributed by atoms with Crippen LogP contribution < -0.4 is 16.2 Å². The van der Waals surface area contributed by atoms with Crippen LogP contribution >= 0.6 is 15.9 Å². The Morgan fingerprint density at radius 2 is 1.83 bits per heavy atom. The van der Waals surface area contributed by atoms with Gasteiger partial charge in [0.15, 0.2) is 0 Å². The van der Waals surface area contributed by atoms with Gasteiger partial charge in [0.25, 0.3) is 5.56 Å². The van der Waals surface area contributed by atoms with Crippen molar-refractivity contribution < 1.29 is 14.0 Å². The number of anilines is 1. The normalized spacial score (nSPS) is 10.9. The van der Waals surface area contributed by atoms with Gasteiger partial charge in [-0.05, 0) is 40.2 Å². The number of nitrogens with zero attached hydrogens (tertiary/aromatic N) is 2. The number of carbonyl (C=O) groups excluding carboxylic acids is 2. The third-order valence-corrected chi connectivity index (χ3v) is 4.95. The molecule has 0 spiro atoms. The highest BCUT2D eigenvalue weighted by molar-refractivity contribution is 9.10. The molecule has 29 heavy (non-hydrogen) atoms. The van der Waals surface area contributed by atoms with E-state index in [0.717, 1.165) is 14.4 Å². The Kier molecular flexibility index (Phi) is 5.13. The molecule has 4 aromatic rings. The summed E-state index contributed by atoms with van der Waals surface area (Å²) in [6.45, 7) is -0.504. The summed E-state index contributed by atoms with van der Waals surface area (Å²) in [7, 11) is 0. The van der Waals surface area contributed by atoms with Gasteiger partial charge in [0.05, 0.1) is 18.6 Å². The second kappa shape index (κ2) is 7.88. The van der Waals surface area contributed by atoms with Gasteiger partial charge in [-0.2, -0.15) is 0 Å². The maximum atomic E-state index is 12.6. The summed E-state index contributed by atoms with van der Waals surface area (Å²) in [6.07, 6.45) is 1.30. The van der Waals surface area contributed by atoms with E-state index in [1.807, 2.05) is 18.2 Å². The van der Waals surface area contributed by atoms with E-state index in [4.69, 9.17) is 4.42 Å². The zero-order chi connectivity index (χ0) is 20.4. The Morgan fingerprint density at radius 1 is 1.07 bits per heavy atom. The van der Waals surface area contributed by atoms with Crippen molar-refractivity contribution in [2.45, 2.75) is 6.54 Å². The molecule has 0 saturated heterocycles. The van der Waals surface area contributed by atoms with Crippen molar-refractivity contribution in [1.29, 1.82) is 0 Å². The average Bonchev–Trinajstić information content (AvgIpc) is 3.10. The monoisotopic (exact) mass is 454 g/mol. The molecule has 4 rings (SSSR count). The zero-order valence-corrected chi connectivity index (χ0v) is 16.6. The lowest BCUT2D eigenvalue weighted by Crippen LogP contribution is -2.37. The molecule has 0 aliphatic carbocycles. The highest BCUT2D eigenvalue weighted by Crippen LogP contribution is 2.24. The van der Waals surface area contributed by atoms with Crippen molar-refractivity contribution in [3.05, 3.63) is 69.7 Å². The maximum absolute atomic E-state index is 12.6. The first-order chi connectivity index (χ1) is 14.0. The molecule has 0 aliphatic heterocycles. The van der Waals surface area contributed by atoms with Crippen LogP contribution in [0.2, 0.25) is 0 Å². The Morgan fingerprint density at radius 3 is 2.66 bits per heavy atom. The smallest absolute Gasteiger partial charge is 0.297 e. The SMILES string of the molecule is O=C(Cn1cnc2c(oc3ccccc32)c1=O)NCC(=O)Nc1ccccc1Br. The van der Waals surface area contributed by atoms with Gasteiger partial charge in [-0.3, -0.25) is 19.0 Å². The largest absolute Gasteiger partial charge is 0.448 e. The summed E-state index contributed by atoms with van der Waals surface area (Å²) in [5, 5.41) is 5.91. The molecule has 0 aliphatic rings. The number of furan rings is 1. The van der Waals surface area contributed by atoms with Crippen molar-refractivity contribution >= 4 is 55.5 Å². The van der Waals surface area contributed by atoms with Gasteiger partial charge in [-0.25, -0.2) is 4.98 Å². The fourth-order valence-corrected chi connectivity index (χ4v) is 3.26. The van der Waals surface area contributed by atoms with Crippen LogP contribution in [0.4, 0.5) is 5.69 Å². The summed E-state index contributed by atoms with van der Waals surface area (Å²) < 4.78 is 7.46. The molecule has 0 unspecified atom stereocenters. The number of benzene rings is 2. The lowest BCUT2D eigenvalue weighted by atomic mass is 10.2. The molecule has 0 radical (unpaired) electrons. The predicted octanol–water partition coefficient (Wildman–Crippen LogP) is 2.66. The minimum atomic E-state index is -0.494. The van der Waals surface area contributed by atoms with E-state index < -0.39 is 11.5 Å². The maximum Gasteiger partial charge on any atom is 0.297 e. The Bertz CT molecular complexity index is 1290. The Balaban J connectivity index is 1.43. The number of rotatable bonds is 5. The molecule has 0 saturated carbocycles. The second-order valence-corrected chi connectivity index (χ2v) is 7.11. The van der Waals surface area contributed by atoms with Crippen molar-refractivity contribution in [2.24, 2.45) is 0 Å². The van der Waals surface area contributed by atoms with E-state index in [9.17, 15) is 14.4 Å². The van der Waals surface area contributed by atoms with E-state index in [0.29, 0.717) is 16.8 Å². The fourth-order valence-electron chi connectivity index (χ4n) is 2.87. The minimum Gasteiger partial charge on any atom is -0.448 e. The standard InChI is InChI=1S/C20H15BrN4O4/c21-13-6-2-3-7-14(13)24-16(26)9-22-17(27)10-25-11-23-18-12-5-1-4-8-15(12)29-19(18)20(25)28/h1-8,11H,9-10H2,(H,22,27)(H,24,26). The van der Waals surface area contributed by atoms with Gasteiger partial charge in [0.2, 0.25) is 17.4 Å². The summed E-state index contributed by atoms with van der Waals surface area (Å²) in [5.41, 5.74) is 1.24. The topological polar surface area (TPSA) is 106 Å². The second-order valence-electron chi connectivity index (χ2n) is 6.26. The summed E-state index contributed by atoms with van der Waals surface area (Å²) in [6, 6.07) is 14.3. The van der Waals surface area contributed by atoms with Crippen molar-refractivity contribution in [3.8, 4) is 0 Å². The zero-order valence-electron chi connectivity index (χ0n) is 15.0. The number of nitrogens with one attached hydrogen (secondary N) is 2. The van der Waals surface area contributed by atoms with E-state index in [2.05, 4.69) is 31.5 Å². The summed E-state index contributed by atoms with van der Waals surface area (Å²) >= 11 is 3.33. The van der Waals surface area contributed by atoms with Crippen molar-refractivity contribution in [1.82, 2.24) is 14.9 Å². The molecule has 146 valence electrons. The molecule has 2 aromatic carbocycles. The highest BCUT2D eigenvalue weighted by Gasteiger charge is 2.15. The molecular weight excluding hydrogens is 440 g/mol. The molecule has 0 bridgehead atoms. The number of hydrogen-bond acceptors (Lipinski definition) is 5. The minimum absolute atomic E-state index is 0.0909. The van der Waals surface area contributed by atoms with Crippen molar-refractivity contribution in [3.63, 3.8) is 0 Å². The quantitative estimate of drug-likeness (QED) is 0.482. The number of aromatic nitrogens is 2. The molecule has 2 N–H and O–H groups in total. The van der Waals surface area contributed by atoms with Crippen molar-refractivity contribution in [2.75, 3.05) is 11.9 Å². The fraction of sp³-hybridized carbons (Fsp3) is 0.100. The van der Waals surface area contributed by atoms with Gasteiger partial charge in [0.1, 0.15) is 17.6 Å². The first kappa shape index (κ1) is 18.9. The molecule has 2 amide bonds. The van der Waals surface area contributed by atoms with Gasteiger partial charge >= 0.3 is 0 Å². The lowest BCUT2D eigenvalue weighted by Gasteiger charge is -2.09. The van der Waals surface area contributed by atoms with E-state index in [-0.39, 0.29) is 24.6 Å². The number of hydrogen-bond donors (Lipinski definition) is 2. The molecule has 9 heteroatoms. The van der Waals surface area contributed by atoms with E-state index >= 15 is 0 Å². The van der Waals surface area contributed by atoms with Gasteiger partial charge in [0, 0.05) is 9.86 Å². The predicted molar refractivity (Wildman–Crippen MR) is 112 cm³/mol. The van der Waals surface area contributed by atoms with Crippen LogP contribution in [0.25, 0.3) is 22.1 Å². The first-order valence-electron chi connectivity index (χ1n) is 8.70. The van der Waals surface area contributed by atoms with Gasteiger partial charge in [-0.15, -0.1) is 0 Å². The third-order valence-electron chi connectivity index (χ3n) is 4.26. The van der Waals surface area contributed by atoms with Gasteiger partial charge < -0.3 is 15.1 Å². The van der Waals surface area contributed by atoms with Crippen LogP contribution in [0.5, 0.6) is 0 Å². The van der Waals surface area contributed by atoms with E-state index in [1.54, 1.807) is 30.3 Å². The molecule has 0 atom stereocenters. The number of amides is 2. The van der Waals surface area contributed by atoms with Crippen LogP contribution in [-0.4, -0.2) is 27.9 Å². The van der Waals surface area contributed by atoms with Crippen LogP contribution in [0, 0.1) is 0 Å². The van der Waals surface area contributed by atoms with E-state index in [1.165, 1.54) is 6.33 Å². The molecular formula is C20H15BrN4O4.